The van der Waals surface area contributed by atoms with Crippen LogP contribution in [0.5, 0.6) is 0 Å². The fourth-order valence-electron chi connectivity index (χ4n) is 2.79. The third-order valence-corrected chi connectivity index (χ3v) is 5.13. The maximum atomic E-state index is 11.2. The van der Waals surface area contributed by atoms with E-state index in [-0.39, 0.29) is 5.75 Å². The van der Waals surface area contributed by atoms with E-state index in [9.17, 15) is 8.42 Å². The van der Waals surface area contributed by atoms with E-state index >= 15 is 0 Å². The first-order valence-corrected chi connectivity index (χ1v) is 9.51. The highest BCUT2D eigenvalue weighted by molar-refractivity contribution is 7.90. The number of aryl methyl sites for hydroxylation is 1. The molecule has 21 heavy (non-hydrogen) atoms. The molecule has 0 unspecified atom stereocenters. The van der Waals surface area contributed by atoms with Gasteiger partial charge in [-0.05, 0) is 19.9 Å². The molecule has 7 heteroatoms. The Kier molecular flexibility index (Phi) is 5.40. The van der Waals surface area contributed by atoms with E-state index in [1.54, 1.807) is 0 Å². The molecule has 0 bridgehead atoms. The lowest BCUT2D eigenvalue weighted by atomic mass is 10.2. The van der Waals surface area contributed by atoms with Crippen molar-refractivity contribution >= 4 is 9.84 Å². The molecular weight excluding hydrogens is 288 g/mol. The Morgan fingerprint density at radius 3 is 2.71 bits per heavy atom. The quantitative estimate of drug-likeness (QED) is 0.759. The first-order valence-electron chi connectivity index (χ1n) is 7.45. The van der Waals surface area contributed by atoms with Gasteiger partial charge in [-0.15, -0.1) is 0 Å². The van der Waals surface area contributed by atoms with Crippen molar-refractivity contribution in [1.82, 2.24) is 19.4 Å². The highest BCUT2D eigenvalue weighted by Crippen LogP contribution is 2.13. The molecule has 0 aliphatic carbocycles. The van der Waals surface area contributed by atoms with Gasteiger partial charge in [-0.2, -0.15) is 0 Å². The van der Waals surface area contributed by atoms with Gasteiger partial charge in [0.05, 0.1) is 12.3 Å². The summed E-state index contributed by atoms with van der Waals surface area (Å²) in [7, 11) is -0.814. The molecule has 0 amide bonds. The average molecular weight is 314 g/mol. The van der Waals surface area contributed by atoms with Crippen molar-refractivity contribution in [2.45, 2.75) is 25.9 Å². The highest BCUT2D eigenvalue weighted by Gasteiger charge is 2.24. The second kappa shape index (κ2) is 6.89. The Labute approximate surface area is 127 Å². The molecule has 2 heterocycles. The van der Waals surface area contributed by atoms with Crippen LogP contribution in [-0.4, -0.2) is 72.0 Å². The van der Waals surface area contributed by atoms with Gasteiger partial charge in [0.2, 0.25) is 0 Å². The first kappa shape index (κ1) is 16.5. The summed E-state index contributed by atoms with van der Waals surface area (Å²) in [5.41, 5.74) is 0. The summed E-state index contributed by atoms with van der Waals surface area (Å²) in [4.78, 5) is 9.19. The fraction of sp³-hybridized carbons (Fsp3) is 0.786. The largest absolute Gasteiger partial charge is 0.337 e. The second-order valence-corrected chi connectivity index (χ2v) is 8.32. The Balaban J connectivity index is 1.78. The summed E-state index contributed by atoms with van der Waals surface area (Å²) in [6, 6.07) is 0.466. The smallest absolute Gasteiger partial charge is 0.147 e. The SMILES string of the molecule is C[C@@H]1CN(CCCS(C)(=O)=O)CCN1Cc1nccn1C. The predicted molar refractivity (Wildman–Crippen MR) is 83.8 cm³/mol. The van der Waals surface area contributed by atoms with Gasteiger partial charge in [0, 0.05) is 51.4 Å². The van der Waals surface area contributed by atoms with Crippen molar-refractivity contribution in [2.24, 2.45) is 7.05 Å². The minimum Gasteiger partial charge on any atom is -0.337 e. The third kappa shape index (κ3) is 5.09. The van der Waals surface area contributed by atoms with Crippen LogP contribution in [-0.2, 0) is 23.4 Å². The van der Waals surface area contributed by atoms with Crippen LogP contribution in [0.25, 0.3) is 0 Å². The zero-order valence-corrected chi connectivity index (χ0v) is 14.0. The topological polar surface area (TPSA) is 58.4 Å². The van der Waals surface area contributed by atoms with E-state index < -0.39 is 9.84 Å². The number of hydrogen-bond donors (Lipinski definition) is 0. The van der Waals surface area contributed by atoms with Crippen LogP contribution in [0.2, 0.25) is 0 Å². The van der Waals surface area contributed by atoms with Gasteiger partial charge >= 0.3 is 0 Å². The van der Waals surface area contributed by atoms with Crippen molar-refractivity contribution < 1.29 is 8.42 Å². The van der Waals surface area contributed by atoms with Gasteiger partial charge in [-0.3, -0.25) is 4.90 Å². The summed E-state index contributed by atoms with van der Waals surface area (Å²) in [6.45, 7) is 6.97. The van der Waals surface area contributed by atoms with Crippen LogP contribution in [0.15, 0.2) is 12.4 Å². The maximum Gasteiger partial charge on any atom is 0.147 e. The van der Waals surface area contributed by atoms with Crippen LogP contribution in [0.1, 0.15) is 19.2 Å². The molecule has 0 saturated carbocycles. The molecular formula is C14H26N4O2S. The second-order valence-electron chi connectivity index (χ2n) is 6.06. The lowest BCUT2D eigenvalue weighted by Gasteiger charge is -2.39. The molecule has 1 saturated heterocycles. The van der Waals surface area contributed by atoms with Crippen LogP contribution >= 0.6 is 0 Å². The van der Waals surface area contributed by atoms with Gasteiger partial charge in [0.15, 0.2) is 0 Å². The summed E-state index contributed by atoms with van der Waals surface area (Å²) in [5.74, 6) is 1.38. The Bertz CT molecular complexity index is 555. The molecule has 6 nitrogen and oxygen atoms in total. The minimum absolute atomic E-state index is 0.287. The van der Waals surface area contributed by atoms with Crippen LogP contribution in [0.3, 0.4) is 0 Å². The first-order chi connectivity index (χ1) is 9.85. The number of nitrogens with zero attached hydrogens (tertiary/aromatic N) is 4. The molecule has 1 atom stereocenters. The maximum absolute atomic E-state index is 11.2. The average Bonchev–Trinajstić information content (AvgIpc) is 2.77. The minimum atomic E-state index is -2.84. The highest BCUT2D eigenvalue weighted by atomic mass is 32.2. The van der Waals surface area contributed by atoms with Crippen molar-refractivity contribution in [3.63, 3.8) is 0 Å². The van der Waals surface area contributed by atoms with Crippen molar-refractivity contribution in [3.05, 3.63) is 18.2 Å². The summed E-state index contributed by atoms with van der Waals surface area (Å²) in [6.07, 6.45) is 5.84. The Hall–Kier alpha value is -0.920. The number of imidazole rings is 1. The molecule has 0 radical (unpaired) electrons. The van der Waals surface area contributed by atoms with Gasteiger partial charge in [0.25, 0.3) is 0 Å². The Morgan fingerprint density at radius 2 is 2.14 bits per heavy atom. The van der Waals surface area contributed by atoms with Crippen molar-refractivity contribution in [1.29, 1.82) is 0 Å². The lowest BCUT2D eigenvalue weighted by molar-refractivity contribution is 0.0753. The standard InChI is InChI=1S/C14H26N4O2S/c1-13-11-17(6-4-10-21(3,19)20)8-9-18(13)12-14-15-5-7-16(14)2/h5,7,13H,4,6,8-12H2,1-3H3/t13-/m1/s1. The number of hydrogen-bond acceptors (Lipinski definition) is 5. The van der Waals surface area contributed by atoms with Crippen molar-refractivity contribution in [2.75, 3.05) is 38.2 Å². The van der Waals surface area contributed by atoms with Crippen LogP contribution < -0.4 is 0 Å². The zero-order valence-electron chi connectivity index (χ0n) is 13.2. The van der Waals surface area contributed by atoms with Gasteiger partial charge < -0.3 is 9.47 Å². The molecule has 120 valence electrons. The molecule has 0 N–H and O–H groups in total. The zero-order chi connectivity index (χ0) is 15.5. The van der Waals surface area contributed by atoms with Gasteiger partial charge in [-0.1, -0.05) is 0 Å². The van der Waals surface area contributed by atoms with E-state index in [0.29, 0.717) is 6.04 Å². The number of aromatic nitrogens is 2. The van der Waals surface area contributed by atoms with E-state index in [1.807, 2.05) is 19.4 Å². The van der Waals surface area contributed by atoms with E-state index in [2.05, 4.69) is 26.3 Å². The molecule has 1 aliphatic rings. The van der Waals surface area contributed by atoms with E-state index in [4.69, 9.17) is 0 Å². The fourth-order valence-corrected chi connectivity index (χ4v) is 3.44. The number of rotatable bonds is 6. The molecule has 1 aromatic rings. The van der Waals surface area contributed by atoms with E-state index in [1.165, 1.54) is 6.26 Å². The monoisotopic (exact) mass is 314 g/mol. The summed E-state index contributed by atoms with van der Waals surface area (Å²) < 4.78 is 24.4. The number of sulfone groups is 1. The molecule has 0 aromatic carbocycles. The van der Waals surface area contributed by atoms with Crippen LogP contribution in [0, 0.1) is 0 Å². The molecule has 1 fully saturated rings. The molecule has 1 aromatic heterocycles. The van der Waals surface area contributed by atoms with Crippen LogP contribution in [0.4, 0.5) is 0 Å². The summed E-state index contributed by atoms with van der Waals surface area (Å²) in [5, 5.41) is 0. The number of piperazine rings is 1. The van der Waals surface area contributed by atoms with E-state index in [0.717, 1.165) is 45.0 Å². The predicted octanol–water partition coefficient (Wildman–Crippen LogP) is 0.361. The lowest BCUT2D eigenvalue weighted by Crippen LogP contribution is -2.51. The molecule has 2 rings (SSSR count). The molecule has 1 aliphatic heterocycles. The normalized spacial score (nSPS) is 21.8. The van der Waals surface area contributed by atoms with Crippen molar-refractivity contribution in [3.8, 4) is 0 Å². The Morgan fingerprint density at radius 1 is 1.38 bits per heavy atom. The van der Waals surface area contributed by atoms with Gasteiger partial charge in [0.1, 0.15) is 15.7 Å². The molecule has 0 spiro atoms. The van der Waals surface area contributed by atoms with Gasteiger partial charge in [-0.25, -0.2) is 13.4 Å². The third-order valence-electron chi connectivity index (χ3n) is 4.10. The summed E-state index contributed by atoms with van der Waals surface area (Å²) >= 11 is 0.